The highest BCUT2D eigenvalue weighted by atomic mass is 16.2. The number of nitrogens with one attached hydrogen (secondary N) is 2. The van der Waals surface area contributed by atoms with E-state index in [1.807, 2.05) is 35.2 Å². The predicted octanol–water partition coefficient (Wildman–Crippen LogP) is 5.28. The molecular weight excluding hydrogens is 452 g/mol. The number of para-hydroxylation sites is 1. The fourth-order valence-corrected chi connectivity index (χ4v) is 3.85. The van der Waals surface area contributed by atoms with Crippen LogP contribution in [-0.2, 0) is 4.79 Å². The predicted molar refractivity (Wildman–Crippen MR) is 146 cm³/mol. The second-order valence-electron chi connectivity index (χ2n) is 8.55. The summed E-state index contributed by atoms with van der Waals surface area (Å²) in [6.45, 7) is 5.65. The lowest BCUT2D eigenvalue weighted by Crippen LogP contribution is -2.32. The van der Waals surface area contributed by atoms with E-state index < -0.39 is 0 Å². The molecule has 7 heteroatoms. The molecule has 188 valence electrons. The molecule has 0 unspecified atom stereocenters. The van der Waals surface area contributed by atoms with Crippen LogP contribution in [-0.4, -0.2) is 49.3 Å². The van der Waals surface area contributed by atoms with Crippen LogP contribution in [0.5, 0.6) is 0 Å². The SMILES string of the molecule is CCCN(CCC)C(=O)c1ccc(NCC(=O)Nc2cccc(C(=O)N(C)c3ccccc3)c2)cc1. The van der Waals surface area contributed by atoms with E-state index in [1.54, 1.807) is 60.5 Å². The molecule has 0 saturated heterocycles. The summed E-state index contributed by atoms with van der Waals surface area (Å²) in [5.74, 6) is -0.384. The molecule has 36 heavy (non-hydrogen) atoms. The van der Waals surface area contributed by atoms with Gasteiger partial charge in [0, 0.05) is 48.3 Å². The number of amides is 3. The third-order valence-corrected chi connectivity index (χ3v) is 5.70. The maximum Gasteiger partial charge on any atom is 0.258 e. The summed E-state index contributed by atoms with van der Waals surface area (Å²) in [6.07, 6.45) is 1.84. The maximum atomic E-state index is 12.9. The zero-order valence-corrected chi connectivity index (χ0v) is 21.2. The summed E-state index contributed by atoms with van der Waals surface area (Å²) in [4.78, 5) is 41.5. The Bertz CT molecular complexity index is 1160. The average Bonchev–Trinajstić information content (AvgIpc) is 2.91. The van der Waals surface area contributed by atoms with Crippen LogP contribution in [0.2, 0.25) is 0 Å². The molecule has 0 aromatic heterocycles. The molecule has 3 rings (SSSR count). The maximum absolute atomic E-state index is 12.9. The number of hydrogen-bond acceptors (Lipinski definition) is 4. The molecule has 0 fully saturated rings. The number of carbonyl (C=O) groups is 3. The van der Waals surface area contributed by atoms with Gasteiger partial charge < -0.3 is 20.4 Å². The van der Waals surface area contributed by atoms with Gasteiger partial charge in [-0.05, 0) is 67.4 Å². The van der Waals surface area contributed by atoms with Crippen LogP contribution in [0.25, 0.3) is 0 Å². The Morgan fingerprint density at radius 3 is 2.03 bits per heavy atom. The normalized spacial score (nSPS) is 10.4. The Labute approximate surface area is 213 Å². The Hall–Kier alpha value is -4.13. The monoisotopic (exact) mass is 486 g/mol. The van der Waals surface area contributed by atoms with E-state index in [4.69, 9.17) is 0 Å². The quantitative estimate of drug-likeness (QED) is 0.387. The van der Waals surface area contributed by atoms with E-state index >= 15 is 0 Å². The molecule has 0 atom stereocenters. The highest BCUT2D eigenvalue weighted by Gasteiger charge is 2.15. The van der Waals surface area contributed by atoms with Gasteiger partial charge in [-0.15, -0.1) is 0 Å². The van der Waals surface area contributed by atoms with E-state index in [2.05, 4.69) is 24.5 Å². The number of carbonyl (C=O) groups excluding carboxylic acids is 3. The van der Waals surface area contributed by atoms with Gasteiger partial charge in [-0.25, -0.2) is 0 Å². The fraction of sp³-hybridized carbons (Fsp3) is 0.276. The topological polar surface area (TPSA) is 81.8 Å². The fourth-order valence-electron chi connectivity index (χ4n) is 3.85. The van der Waals surface area contributed by atoms with Crippen molar-refractivity contribution < 1.29 is 14.4 Å². The van der Waals surface area contributed by atoms with Crippen LogP contribution >= 0.6 is 0 Å². The van der Waals surface area contributed by atoms with Gasteiger partial charge in [0.1, 0.15) is 0 Å². The van der Waals surface area contributed by atoms with Crippen molar-refractivity contribution >= 4 is 34.8 Å². The summed E-state index contributed by atoms with van der Waals surface area (Å²) in [6, 6.07) is 23.4. The number of rotatable bonds is 11. The molecule has 3 amide bonds. The minimum atomic E-state index is -0.242. The molecule has 3 aromatic rings. The van der Waals surface area contributed by atoms with E-state index in [9.17, 15) is 14.4 Å². The summed E-state index contributed by atoms with van der Waals surface area (Å²) < 4.78 is 0. The summed E-state index contributed by atoms with van der Waals surface area (Å²) in [5.41, 5.74) is 3.19. The second kappa shape index (κ2) is 13.1. The Morgan fingerprint density at radius 2 is 1.39 bits per heavy atom. The molecule has 0 bridgehead atoms. The summed E-state index contributed by atoms with van der Waals surface area (Å²) >= 11 is 0. The first-order valence-corrected chi connectivity index (χ1v) is 12.3. The van der Waals surface area contributed by atoms with Crippen LogP contribution in [0.1, 0.15) is 47.4 Å². The van der Waals surface area contributed by atoms with Crippen LogP contribution in [0.3, 0.4) is 0 Å². The van der Waals surface area contributed by atoms with Gasteiger partial charge in [0.2, 0.25) is 5.91 Å². The van der Waals surface area contributed by atoms with Gasteiger partial charge in [-0.1, -0.05) is 38.1 Å². The molecule has 0 aliphatic rings. The van der Waals surface area contributed by atoms with Crippen LogP contribution < -0.4 is 15.5 Å². The molecule has 0 aliphatic heterocycles. The second-order valence-corrected chi connectivity index (χ2v) is 8.55. The van der Waals surface area contributed by atoms with Crippen molar-refractivity contribution in [1.29, 1.82) is 0 Å². The van der Waals surface area contributed by atoms with Gasteiger partial charge >= 0.3 is 0 Å². The highest BCUT2D eigenvalue weighted by molar-refractivity contribution is 6.06. The first-order valence-electron chi connectivity index (χ1n) is 12.3. The molecule has 2 N–H and O–H groups in total. The largest absolute Gasteiger partial charge is 0.376 e. The smallest absolute Gasteiger partial charge is 0.258 e. The number of hydrogen-bond donors (Lipinski definition) is 2. The zero-order valence-electron chi connectivity index (χ0n) is 21.2. The average molecular weight is 487 g/mol. The minimum Gasteiger partial charge on any atom is -0.376 e. The van der Waals surface area contributed by atoms with E-state index in [0.29, 0.717) is 16.8 Å². The van der Waals surface area contributed by atoms with Crippen molar-refractivity contribution in [3.63, 3.8) is 0 Å². The van der Waals surface area contributed by atoms with Crippen molar-refractivity contribution in [1.82, 2.24) is 4.90 Å². The molecule has 3 aromatic carbocycles. The molecule has 0 saturated carbocycles. The highest BCUT2D eigenvalue weighted by Crippen LogP contribution is 2.18. The van der Waals surface area contributed by atoms with Crippen LogP contribution in [0.4, 0.5) is 17.1 Å². The van der Waals surface area contributed by atoms with Gasteiger partial charge in [0.15, 0.2) is 0 Å². The molecular formula is C29H34N4O3. The lowest BCUT2D eigenvalue weighted by Gasteiger charge is -2.21. The molecule has 0 aliphatic carbocycles. The van der Waals surface area contributed by atoms with Crippen LogP contribution in [0, 0.1) is 0 Å². The van der Waals surface area contributed by atoms with E-state index in [0.717, 1.165) is 37.3 Å². The number of nitrogens with zero attached hydrogens (tertiary/aromatic N) is 2. The summed E-state index contributed by atoms with van der Waals surface area (Å²) in [7, 11) is 1.72. The van der Waals surface area contributed by atoms with Crippen molar-refractivity contribution in [3.05, 3.63) is 90.0 Å². The number of benzene rings is 3. The van der Waals surface area contributed by atoms with Crippen molar-refractivity contribution in [2.24, 2.45) is 0 Å². The van der Waals surface area contributed by atoms with Gasteiger partial charge in [-0.2, -0.15) is 0 Å². The Balaban J connectivity index is 1.55. The van der Waals surface area contributed by atoms with Crippen LogP contribution in [0.15, 0.2) is 78.9 Å². The molecule has 0 radical (unpaired) electrons. The lowest BCUT2D eigenvalue weighted by atomic mass is 10.1. The van der Waals surface area contributed by atoms with E-state index in [-0.39, 0.29) is 24.3 Å². The zero-order chi connectivity index (χ0) is 25.9. The third kappa shape index (κ3) is 7.18. The van der Waals surface area contributed by atoms with Crippen molar-refractivity contribution in [2.45, 2.75) is 26.7 Å². The first-order chi connectivity index (χ1) is 17.4. The molecule has 7 nitrogen and oxygen atoms in total. The Morgan fingerprint density at radius 1 is 0.722 bits per heavy atom. The van der Waals surface area contributed by atoms with Crippen molar-refractivity contribution in [3.8, 4) is 0 Å². The van der Waals surface area contributed by atoms with Gasteiger partial charge in [0.05, 0.1) is 6.54 Å². The van der Waals surface area contributed by atoms with Gasteiger partial charge in [-0.3, -0.25) is 14.4 Å². The standard InChI is InChI=1S/C29H34N4O3/c1-4-18-33(19-5-2)29(36)22-14-16-24(17-15-22)30-21-27(34)31-25-11-9-10-23(20-25)28(35)32(3)26-12-7-6-8-13-26/h6-17,20,30H,4-5,18-19,21H2,1-3H3,(H,31,34). The number of anilines is 3. The summed E-state index contributed by atoms with van der Waals surface area (Å²) in [5, 5.41) is 5.90. The minimum absolute atomic E-state index is 0.0235. The molecule has 0 spiro atoms. The van der Waals surface area contributed by atoms with Crippen molar-refractivity contribution in [2.75, 3.05) is 42.2 Å². The Kier molecular flexibility index (Phi) is 9.63. The van der Waals surface area contributed by atoms with E-state index in [1.165, 1.54) is 0 Å². The molecule has 0 heterocycles. The first kappa shape index (κ1) is 26.5. The van der Waals surface area contributed by atoms with Gasteiger partial charge in [0.25, 0.3) is 11.8 Å². The third-order valence-electron chi connectivity index (χ3n) is 5.70. The lowest BCUT2D eigenvalue weighted by molar-refractivity contribution is -0.114.